The lowest BCUT2D eigenvalue weighted by Crippen LogP contribution is -2.53. The molecule has 0 saturated carbocycles. The minimum Gasteiger partial charge on any atom is -0.459 e. The molecule has 0 aliphatic carbocycles. The van der Waals surface area contributed by atoms with Crippen LogP contribution in [0.1, 0.15) is 11.3 Å². The molecule has 1 N–H and O–H groups in total. The lowest BCUT2D eigenvalue weighted by Gasteiger charge is -2.34. The fourth-order valence-corrected chi connectivity index (χ4v) is 3.57. The van der Waals surface area contributed by atoms with Crippen molar-refractivity contribution in [3.8, 4) is 0 Å². The summed E-state index contributed by atoms with van der Waals surface area (Å²) in [5, 5.41) is 4.57. The van der Waals surface area contributed by atoms with Gasteiger partial charge in [-0.25, -0.2) is 4.79 Å². The van der Waals surface area contributed by atoms with Gasteiger partial charge < -0.3 is 19.5 Å². The summed E-state index contributed by atoms with van der Waals surface area (Å²) in [6.07, 6.45) is 0.343. The Morgan fingerprint density at radius 3 is 2.38 bits per heavy atom. The van der Waals surface area contributed by atoms with Crippen LogP contribution in [0, 0.1) is 0 Å². The summed E-state index contributed by atoms with van der Waals surface area (Å²) in [7, 11) is 0. The average Bonchev–Trinajstić information content (AvgIpc) is 3.17. The van der Waals surface area contributed by atoms with Gasteiger partial charge in [-0.3, -0.25) is 4.79 Å². The molecule has 4 rings (SSSR count). The van der Waals surface area contributed by atoms with Crippen LogP contribution in [0.2, 0.25) is 5.02 Å². The number of halogens is 1. The minimum atomic E-state index is -0.143. The third-order valence-corrected chi connectivity index (χ3v) is 5.33. The summed E-state index contributed by atoms with van der Waals surface area (Å²) in [5.41, 5.74) is 1.75. The highest BCUT2D eigenvalue weighted by molar-refractivity contribution is 6.30. The van der Waals surface area contributed by atoms with Crippen molar-refractivity contribution in [3.05, 3.63) is 70.9 Å². The maximum atomic E-state index is 12.5. The number of benzene rings is 2. The Bertz CT molecular complexity index is 975. The smallest absolute Gasteiger partial charge is 0.317 e. The van der Waals surface area contributed by atoms with Crippen molar-refractivity contribution in [1.29, 1.82) is 0 Å². The van der Waals surface area contributed by atoms with Crippen LogP contribution in [0.5, 0.6) is 0 Å². The zero-order valence-corrected chi connectivity index (χ0v) is 16.7. The van der Waals surface area contributed by atoms with E-state index in [1.54, 1.807) is 21.9 Å². The molecule has 0 unspecified atom stereocenters. The SMILES string of the molecule is O=C(Cc1ccc(Cl)cc1)N1CCN(C(=O)NCc2cc3ccccc3o2)CC1. The number of nitrogens with one attached hydrogen (secondary N) is 1. The van der Waals surface area contributed by atoms with Gasteiger partial charge >= 0.3 is 6.03 Å². The highest BCUT2D eigenvalue weighted by Crippen LogP contribution is 2.18. The summed E-state index contributed by atoms with van der Waals surface area (Å²) < 4.78 is 5.72. The maximum Gasteiger partial charge on any atom is 0.317 e. The molecule has 0 radical (unpaired) electrons. The normalized spacial score (nSPS) is 14.2. The van der Waals surface area contributed by atoms with Crippen LogP contribution in [0.3, 0.4) is 0 Å². The molecule has 2 aromatic carbocycles. The van der Waals surface area contributed by atoms with Crippen LogP contribution >= 0.6 is 11.6 Å². The first-order valence-electron chi connectivity index (χ1n) is 9.61. The van der Waals surface area contributed by atoms with Crippen LogP contribution in [-0.4, -0.2) is 47.9 Å². The lowest BCUT2D eigenvalue weighted by atomic mass is 10.1. The van der Waals surface area contributed by atoms with Gasteiger partial charge in [-0.1, -0.05) is 41.9 Å². The fraction of sp³-hybridized carbons (Fsp3) is 0.273. The highest BCUT2D eigenvalue weighted by atomic mass is 35.5. The summed E-state index contributed by atoms with van der Waals surface area (Å²) >= 11 is 5.88. The molecule has 29 heavy (non-hydrogen) atoms. The fourth-order valence-electron chi connectivity index (χ4n) is 3.45. The molecule has 0 spiro atoms. The second-order valence-corrected chi connectivity index (χ2v) is 7.52. The first-order chi connectivity index (χ1) is 14.1. The average molecular weight is 412 g/mol. The number of nitrogens with zero attached hydrogens (tertiary/aromatic N) is 2. The summed E-state index contributed by atoms with van der Waals surface area (Å²) in [5.74, 6) is 0.783. The first kappa shape index (κ1) is 19.3. The van der Waals surface area contributed by atoms with Gasteiger partial charge in [0.15, 0.2) is 0 Å². The van der Waals surface area contributed by atoms with Crippen molar-refractivity contribution in [2.45, 2.75) is 13.0 Å². The molecule has 2 heterocycles. The number of rotatable bonds is 4. The Morgan fingerprint density at radius 1 is 0.966 bits per heavy atom. The van der Waals surface area contributed by atoms with E-state index in [9.17, 15) is 9.59 Å². The predicted octanol–water partition coefficient (Wildman–Crippen LogP) is 3.68. The van der Waals surface area contributed by atoms with E-state index in [-0.39, 0.29) is 11.9 Å². The van der Waals surface area contributed by atoms with Gasteiger partial charge in [0.05, 0.1) is 13.0 Å². The van der Waals surface area contributed by atoms with Crippen LogP contribution in [0.4, 0.5) is 4.79 Å². The molecular formula is C22H22ClN3O3. The van der Waals surface area contributed by atoms with Crippen molar-refractivity contribution in [2.75, 3.05) is 26.2 Å². The molecule has 0 bridgehead atoms. The second kappa shape index (κ2) is 8.57. The number of amides is 3. The molecule has 6 nitrogen and oxygen atoms in total. The number of fused-ring (bicyclic) bond motifs is 1. The van der Waals surface area contributed by atoms with E-state index < -0.39 is 0 Å². The topological polar surface area (TPSA) is 65.8 Å². The standard InChI is InChI=1S/C22H22ClN3O3/c23-18-7-5-16(6-8-18)13-21(27)25-9-11-26(12-10-25)22(28)24-15-19-14-17-3-1-2-4-20(17)29-19/h1-8,14H,9-13,15H2,(H,24,28). The number of carbonyl (C=O) groups is 2. The largest absolute Gasteiger partial charge is 0.459 e. The van der Waals surface area contributed by atoms with Crippen molar-refractivity contribution in [2.24, 2.45) is 0 Å². The Labute approximate surface area is 174 Å². The third-order valence-electron chi connectivity index (χ3n) is 5.08. The second-order valence-electron chi connectivity index (χ2n) is 7.08. The number of carbonyl (C=O) groups excluding carboxylic acids is 2. The Morgan fingerprint density at radius 2 is 1.66 bits per heavy atom. The Balaban J connectivity index is 1.24. The number of piperazine rings is 1. The van der Waals surface area contributed by atoms with Gasteiger partial charge in [0.2, 0.25) is 5.91 Å². The van der Waals surface area contributed by atoms with E-state index in [1.807, 2.05) is 42.5 Å². The molecule has 1 saturated heterocycles. The lowest BCUT2D eigenvalue weighted by molar-refractivity contribution is -0.131. The summed E-state index contributed by atoms with van der Waals surface area (Å²) in [6.45, 7) is 2.43. The van der Waals surface area contributed by atoms with Crippen LogP contribution in [-0.2, 0) is 17.8 Å². The minimum absolute atomic E-state index is 0.0645. The zero-order valence-electron chi connectivity index (χ0n) is 15.9. The molecule has 1 aliphatic heterocycles. The van der Waals surface area contributed by atoms with E-state index in [2.05, 4.69) is 5.32 Å². The molecule has 0 atom stereocenters. The van der Waals surface area contributed by atoms with Gasteiger partial charge in [-0.2, -0.15) is 0 Å². The molecule has 3 amide bonds. The molecule has 3 aromatic rings. The molecular weight excluding hydrogens is 390 g/mol. The quantitative estimate of drug-likeness (QED) is 0.712. The molecule has 1 fully saturated rings. The van der Waals surface area contributed by atoms with Gasteiger partial charge in [0.25, 0.3) is 0 Å². The Kier molecular flexibility index (Phi) is 5.71. The van der Waals surface area contributed by atoms with E-state index in [1.165, 1.54) is 0 Å². The molecule has 150 valence electrons. The van der Waals surface area contributed by atoms with Crippen molar-refractivity contribution >= 4 is 34.5 Å². The third kappa shape index (κ3) is 4.71. The first-order valence-corrected chi connectivity index (χ1v) is 9.99. The van der Waals surface area contributed by atoms with E-state index in [4.69, 9.17) is 16.0 Å². The van der Waals surface area contributed by atoms with E-state index in [0.717, 1.165) is 22.3 Å². The summed E-state index contributed by atoms with van der Waals surface area (Å²) in [4.78, 5) is 28.5. The summed E-state index contributed by atoms with van der Waals surface area (Å²) in [6, 6.07) is 16.8. The van der Waals surface area contributed by atoms with Crippen LogP contribution in [0.15, 0.2) is 59.0 Å². The molecule has 7 heteroatoms. The van der Waals surface area contributed by atoms with Crippen LogP contribution < -0.4 is 5.32 Å². The van der Waals surface area contributed by atoms with Crippen LogP contribution in [0.25, 0.3) is 11.0 Å². The molecule has 1 aliphatic rings. The predicted molar refractivity (Wildman–Crippen MR) is 112 cm³/mol. The number of urea groups is 1. The van der Waals surface area contributed by atoms with E-state index in [0.29, 0.717) is 44.2 Å². The van der Waals surface area contributed by atoms with Crippen molar-refractivity contribution in [3.63, 3.8) is 0 Å². The highest BCUT2D eigenvalue weighted by Gasteiger charge is 2.24. The van der Waals surface area contributed by atoms with Gasteiger partial charge in [0, 0.05) is 36.6 Å². The Hall–Kier alpha value is -2.99. The number of para-hydroxylation sites is 1. The monoisotopic (exact) mass is 411 g/mol. The van der Waals surface area contributed by atoms with E-state index >= 15 is 0 Å². The maximum absolute atomic E-state index is 12.5. The number of hydrogen-bond acceptors (Lipinski definition) is 3. The van der Waals surface area contributed by atoms with Gasteiger partial charge in [0.1, 0.15) is 11.3 Å². The zero-order chi connectivity index (χ0) is 20.2. The van der Waals surface area contributed by atoms with Gasteiger partial charge in [-0.05, 0) is 29.8 Å². The number of hydrogen-bond donors (Lipinski definition) is 1. The van der Waals surface area contributed by atoms with Crippen molar-refractivity contribution < 1.29 is 14.0 Å². The molecule has 1 aromatic heterocycles. The number of furan rings is 1. The van der Waals surface area contributed by atoms with Crippen molar-refractivity contribution in [1.82, 2.24) is 15.1 Å². The van der Waals surface area contributed by atoms with Gasteiger partial charge in [-0.15, -0.1) is 0 Å².